The maximum atomic E-state index is 12.7. The topological polar surface area (TPSA) is 73.8 Å². The highest BCUT2D eigenvalue weighted by Crippen LogP contribution is 2.17. The number of likely N-dealkylation sites (tertiary alicyclic amines) is 1. The molecule has 142 valence electrons. The Kier molecular flexibility index (Phi) is 7.94. The summed E-state index contributed by atoms with van der Waals surface area (Å²) in [7, 11) is 1.70. The summed E-state index contributed by atoms with van der Waals surface area (Å²) in [6.45, 7) is 5.74. The molecule has 1 aliphatic heterocycles. The molecule has 0 bridgehead atoms. The maximum Gasteiger partial charge on any atom is 0.268 e. The molecule has 1 fully saturated rings. The minimum atomic E-state index is -0.383. The van der Waals surface area contributed by atoms with E-state index in [1.807, 2.05) is 23.1 Å². The van der Waals surface area contributed by atoms with Crippen molar-refractivity contribution in [2.75, 3.05) is 26.7 Å². The number of hydrogen-bond donors (Lipinski definition) is 2. The van der Waals surface area contributed by atoms with Crippen molar-refractivity contribution in [3.8, 4) is 0 Å². The van der Waals surface area contributed by atoms with Crippen LogP contribution < -0.4 is 10.6 Å². The van der Waals surface area contributed by atoms with Crippen molar-refractivity contribution >= 4 is 17.5 Å². The first-order valence-corrected chi connectivity index (χ1v) is 9.35. The number of hydrogen-bond acceptors (Lipinski definition) is 4. The summed E-state index contributed by atoms with van der Waals surface area (Å²) in [5, 5.41) is 6.30. The second-order valence-electron chi connectivity index (χ2n) is 6.78. The Morgan fingerprint density at radius 2 is 2.04 bits per heavy atom. The van der Waals surface area contributed by atoms with Gasteiger partial charge in [-0.3, -0.25) is 9.59 Å². The van der Waals surface area contributed by atoms with E-state index in [-0.39, 0.29) is 29.6 Å². The van der Waals surface area contributed by atoms with Crippen molar-refractivity contribution in [1.29, 1.82) is 0 Å². The van der Waals surface area contributed by atoms with E-state index in [2.05, 4.69) is 27.8 Å². The summed E-state index contributed by atoms with van der Waals surface area (Å²) in [5.74, 6) is -0.441. The predicted octanol–water partition coefficient (Wildman–Crippen LogP) is 1.41. The standard InChI is InChI=1S/C20H30N4O2/c1-15(21-3)19(25)23-16(2)20(26)24-13-7-10-18(24)14-22-12-11-17-8-5-4-6-9-17/h4-6,8-9,15,18,21-22H,7,10-14H2,1-3H3/b23-16+/t15-,18-/m0/s1. The molecule has 6 heteroatoms. The Morgan fingerprint density at radius 1 is 1.31 bits per heavy atom. The molecule has 6 nitrogen and oxygen atoms in total. The van der Waals surface area contributed by atoms with E-state index in [4.69, 9.17) is 0 Å². The molecule has 2 rings (SSSR count). The smallest absolute Gasteiger partial charge is 0.268 e. The van der Waals surface area contributed by atoms with Crippen molar-refractivity contribution in [2.45, 2.75) is 45.2 Å². The number of nitrogens with zero attached hydrogens (tertiary/aromatic N) is 2. The Hall–Kier alpha value is -2.05. The minimum Gasteiger partial charge on any atom is -0.333 e. The number of carbonyl (C=O) groups excluding carboxylic acids is 2. The number of benzene rings is 1. The van der Waals surface area contributed by atoms with Crippen molar-refractivity contribution in [3.05, 3.63) is 35.9 Å². The second kappa shape index (κ2) is 10.2. The Bertz CT molecular complexity index is 630. The second-order valence-corrected chi connectivity index (χ2v) is 6.78. The van der Waals surface area contributed by atoms with E-state index in [1.54, 1.807) is 20.9 Å². The minimum absolute atomic E-state index is 0.131. The van der Waals surface area contributed by atoms with Gasteiger partial charge < -0.3 is 15.5 Å². The lowest BCUT2D eigenvalue weighted by atomic mass is 10.1. The highest BCUT2D eigenvalue weighted by Gasteiger charge is 2.30. The summed E-state index contributed by atoms with van der Waals surface area (Å²) >= 11 is 0. The molecule has 2 atom stereocenters. The quantitative estimate of drug-likeness (QED) is 0.544. The summed E-state index contributed by atoms with van der Waals surface area (Å²) in [4.78, 5) is 30.4. The van der Waals surface area contributed by atoms with E-state index in [9.17, 15) is 9.59 Å². The number of amides is 2. The lowest BCUT2D eigenvalue weighted by molar-refractivity contribution is -0.125. The average Bonchev–Trinajstić information content (AvgIpc) is 3.13. The van der Waals surface area contributed by atoms with Crippen molar-refractivity contribution in [2.24, 2.45) is 4.99 Å². The molecule has 1 saturated heterocycles. The van der Waals surface area contributed by atoms with Crippen LogP contribution in [-0.4, -0.2) is 61.2 Å². The van der Waals surface area contributed by atoms with E-state index in [0.717, 1.165) is 38.9 Å². The largest absolute Gasteiger partial charge is 0.333 e. The van der Waals surface area contributed by atoms with Crippen LogP contribution in [0.25, 0.3) is 0 Å². The van der Waals surface area contributed by atoms with Crippen LogP contribution >= 0.6 is 0 Å². The molecule has 2 amide bonds. The summed E-state index contributed by atoms with van der Waals surface area (Å²) in [6.07, 6.45) is 2.95. The fraction of sp³-hybridized carbons (Fsp3) is 0.550. The van der Waals surface area contributed by atoms with Crippen LogP contribution in [0, 0.1) is 0 Å². The molecular weight excluding hydrogens is 328 g/mol. The summed E-state index contributed by atoms with van der Waals surface area (Å²) < 4.78 is 0. The van der Waals surface area contributed by atoms with Gasteiger partial charge in [0.1, 0.15) is 5.71 Å². The maximum absolute atomic E-state index is 12.7. The molecule has 2 N–H and O–H groups in total. The van der Waals surface area contributed by atoms with Crippen molar-refractivity contribution in [1.82, 2.24) is 15.5 Å². The third-order valence-electron chi connectivity index (χ3n) is 4.84. The van der Waals surface area contributed by atoms with Gasteiger partial charge in [-0.15, -0.1) is 0 Å². The Labute approximate surface area is 156 Å². The number of nitrogens with one attached hydrogen (secondary N) is 2. The number of aliphatic imine (C=N–C) groups is 1. The molecule has 0 aromatic heterocycles. The zero-order valence-corrected chi connectivity index (χ0v) is 16.0. The molecule has 0 unspecified atom stereocenters. The van der Waals surface area contributed by atoms with E-state index >= 15 is 0 Å². The predicted molar refractivity (Wildman–Crippen MR) is 104 cm³/mol. The van der Waals surface area contributed by atoms with Crippen LogP contribution in [0.2, 0.25) is 0 Å². The van der Waals surface area contributed by atoms with Crippen LogP contribution in [0.3, 0.4) is 0 Å². The molecule has 0 spiro atoms. The van der Waals surface area contributed by atoms with Gasteiger partial charge >= 0.3 is 0 Å². The third kappa shape index (κ3) is 5.75. The Balaban J connectivity index is 1.83. The van der Waals surface area contributed by atoms with Gasteiger partial charge in [-0.05, 0) is 52.3 Å². The van der Waals surface area contributed by atoms with Crippen LogP contribution in [0.5, 0.6) is 0 Å². The molecule has 1 aliphatic rings. The highest BCUT2D eigenvalue weighted by atomic mass is 16.2. The van der Waals surface area contributed by atoms with E-state index in [0.29, 0.717) is 0 Å². The fourth-order valence-electron chi connectivity index (χ4n) is 3.10. The van der Waals surface area contributed by atoms with E-state index < -0.39 is 0 Å². The van der Waals surface area contributed by atoms with Crippen LogP contribution in [-0.2, 0) is 16.0 Å². The first-order chi connectivity index (χ1) is 12.5. The van der Waals surface area contributed by atoms with Crippen molar-refractivity contribution < 1.29 is 9.59 Å². The first-order valence-electron chi connectivity index (χ1n) is 9.35. The number of likely N-dealkylation sites (N-methyl/N-ethyl adjacent to an activating group) is 1. The number of carbonyl (C=O) groups is 2. The molecule has 26 heavy (non-hydrogen) atoms. The van der Waals surface area contributed by atoms with Gasteiger partial charge in [0.15, 0.2) is 0 Å². The van der Waals surface area contributed by atoms with Gasteiger partial charge in [-0.25, -0.2) is 4.99 Å². The normalized spacial score (nSPS) is 18.8. The zero-order chi connectivity index (χ0) is 18.9. The van der Waals surface area contributed by atoms with Gasteiger partial charge in [-0.2, -0.15) is 0 Å². The zero-order valence-electron chi connectivity index (χ0n) is 16.0. The lowest BCUT2D eigenvalue weighted by Crippen LogP contribution is -2.44. The Morgan fingerprint density at radius 3 is 2.73 bits per heavy atom. The third-order valence-corrected chi connectivity index (χ3v) is 4.84. The summed E-state index contributed by atoms with van der Waals surface area (Å²) in [5.41, 5.74) is 1.58. The average molecular weight is 358 g/mol. The fourth-order valence-corrected chi connectivity index (χ4v) is 3.10. The molecular formula is C20H30N4O2. The lowest BCUT2D eigenvalue weighted by Gasteiger charge is -2.25. The SMILES string of the molecule is CN[C@@H](C)C(=O)/N=C(\C)C(=O)N1CCC[C@H]1CNCCc1ccccc1. The molecule has 1 heterocycles. The molecule has 0 saturated carbocycles. The van der Waals surface area contributed by atoms with Crippen LogP contribution in [0.15, 0.2) is 35.3 Å². The van der Waals surface area contributed by atoms with Gasteiger partial charge in [-0.1, -0.05) is 30.3 Å². The first kappa shape index (κ1) is 20.3. The van der Waals surface area contributed by atoms with Gasteiger partial charge in [0.25, 0.3) is 11.8 Å². The van der Waals surface area contributed by atoms with Gasteiger partial charge in [0.2, 0.25) is 0 Å². The molecule has 0 radical (unpaired) electrons. The van der Waals surface area contributed by atoms with Gasteiger partial charge in [0.05, 0.1) is 6.04 Å². The highest BCUT2D eigenvalue weighted by molar-refractivity contribution is 6.39. The van der Waals surface area contributed by atoms with E-state index in [1.165, 1.54) is 5.56 Å². The molecule has 1 aromatic rings. The summed E-state index contributed by atoms with van der Waals surface area (Å²) in [6, 6.07) is 10.1. The number of rotatable bonds is 8. The molecule has 1 aromatic carbocycles. The van der Waals surface area contributed by atoms with Crippen molar-refractivity contribution in [3.63, 3.8) is 0 Å². The van der Waals surface area contributed by atoms with Crippen LogP contribution in [0.1, 0.15) is 32.3 Å². The monoisotopic (exact) mass is 358 g/mol. The van der Waals surface area contributed by atoms with Crippen LogP contribution in [0.4, 0.5) is 0 Å². The molecule has 0 aliphatic carbocycles. The van der Waals surface area contributed by atoms with Gasteiger partial charge in [0, 0.05) is 19.1 Å².